The van der Waals surface area contributed by atoms with Gasteiger partial charge in [0.15, 0.2) is 39.2 Å². The normalized spacial score (nSPS) is 23.5. The molecule has 8 heterocycles. The van der Waals surface area contributed by atoms with E-state index in [4.69, 9.17) is 55.7 Å². The lowest BCUT2D eigenvalue weighted by atomic mass is 9.94. The van der Waals surface area contributed by atoms with E-state index in [0.29, 0.717) is 73.2 Å². The quantitative estimate of drug-likeness (QED) is 0.0591. The van der Waals surface area contributed by atoms with Crippen LogP contribution in [0.1, 0.15) is 56.8 Å². The van der Waals surface area contributed by atoms with Crippen LogP contribution >= 0.6 is 45.8 Å². The highest BCUT2D eigenvalue weighted by atomic mass is 127. The average molecular weight is 1210 g/mol. The Morgan fingerprint density at radius 3 is 1.58 bits per heavy atom. The SMILES string of the molecule is C#CCC1CCN(C(=O)Nc2cccc(Cl)c2)CC1.Nc1nc(C#CCC2CCN(C(=O)Nc3cccc(Cl)c3)CC2)nc2c1ncn2[C@@H]1O[C@H](CO)C(O)[C@@H]1O.Nc1nc(I)nc2c1ncn2[C@@H]1O[C@H](CO)C(O)[C@@H]1O. The number of aliphatic hydroxyl groups is 6. The molecule has 0 spiro atoms. The van der Waals surface area contributed by atoms with Gasteiger partial charge in [0, 0.05) is 83.0 Å². The van der Waals surface area contributed by atoms with Crippen molar-refractivity contribution in [1.82, 2.24) is 48.8 Å². The lowest BCUT2D eigenvalue weighted by molar-refractivity contribution is -0.0511. The summed E-state index contributed by atoms with van der Waals surface area (Å²) in [4.78, 5) is 53.4. The maximum absolute atomic E-state index is 12.6. The average Bonchev–Trinajstić information content (AvgIpc) is 4.24. The molecule has 4 aromatic heterocycles. The number of urea groups is 2. The van der Waals surface area contributed by atoms with E-state index in [0.717, 1.165) is 50.9 Å². The highest BCUT2D eigenvalue weighted by Gasteiger charge is 2.45. The number of piperidine rings is 2. The van der Waals surface area contributed by atoms with Crippen molar-refractivity contribution in [1.29, 1.82) is 0 Å². The number of anilines is 4. The van der Waals surface area contributed by atoms with E-state index in [9.17, 15) is 35.1 Å². The molecule has 2 unspecified atom stereocenters. The molecule has 4 saturated heterocycles. The number of amides is 4. The van der Waals surface area contributed by atoms with E-state index >= 15 is 0 Å². The molecule has 0 radical (unpaired) electrons. The van der Waals surface area contributed by atoms with Gasteiger partial charge in [-0.15, -0.1) is 12.3 Å². The third-order valence-electron chi connectivity index (χ3n) is 13.4. The number of fused-ring (bicyclic) bond motifs is 2. The Morgan fingerprint density at radius 1 is 0.688 bits per heavy atom. The van der Waals surface area contributed by atoms with E-state index in [1.54, 1.807) is 41.3 Å². The fourth-order valence-electron chi connectivity index (χ4n) is 9.16. The van der Waals surface area contributed by atoms with Crippen molar-refractivity contribution in [3.63, 3.8) is 0 Å². The van der Waals surface area contributed by atoms with Crippen molar-refractivity contribution in [2.24, 2.45) is 11.8 Å². The molecular formula is C50H57Cl2IN14O10. The molecule has 4 aliphatic rings. The number of nitrogens with two attached hydrogens (primary N) is 2. The number of nitrogens with zero attached hydrogens (tertiary/aromatic N) is 10. The summed E-state index contributed by atoms with van der Waals surface area (Å²) in [6.07, 6.45) is 4.54. The highest BCUT2D eigenvalue weighted by molar-refractivity contribution is 14.1. The van der Waals surface area contributed by atoms with Crippen LogP contribution in [-0.4, -0.2) is 168 Å². The molecule has 0 saturated carbocycles. The summed E-state index contributed by atoms with van der Waals surface area (Å²) in [6, 6.07) is 14.0. The van der Waals surface area contributed by atoms with E-state index in [1.807, 2.05) is 39.6 Å². The Balaban J connectivity index is 0.000000169. The number of nitrogen functional groups attached to an aromatic ring is 2. The second-order valence-corrected chi connectivity index (χ2v) is 20.4. The summed E-state index contributed by atoms with van der Waals surface area (Å²) in [5.41, 5.74) is 14.6. The Kier molecular flexibility index (Phi) is 19.2. The van der Waals surface area contributed by atoms with E-state index in [1.165, 1.54) is 21.8 Å². The number of imidazole rings is 2. The number of carbonyl (C=O) groups is 2. The van der Waals surface area contributed by atoms with Crippen LogP contribution in [0.15, 0.2) is 61.2 Å². The number of aliphatic hydroxyl groups excluding tert-OH is 6. The van der Waals surface area contributed by atoms with Gasteiger partial charge in [0.25, 0.3) is 0 Å². The lowest BCUT2D eigenvalue weighted by Crippen LogP contribution is -2.41. The van der Waals surface area contributed by atoms with E-state index in [2.05, 4.69) is 58.3 Å². The number of carbonyl (C=O) groups excluding carboxylic acids is 2. The van der Waals surface area contributed by atoms with E-state index < -0.39 is 62.3 Å². The minimum absolute atomic E-state index is 0.0681. The first-order valence-corrected chi connectivity index (χ1v) is 26.3. The summed E-state index contributed by atoms with van der Waals surface area (Å²) in [7, 11) is 0. The molecule has 4 aliphatic heterocycles. The van der Waals surface area contributed by atoms with Crippen LogP contribution in [0.2, 0.25) is 10.0 Å². The molecule has 4 fully saturated rings. The van der Waals surface area contributed by atoms with Crippen LogP contribution in [-0.2, 0) is 9.47 Å². The summed E-state index contributed by atoms with van der Waals surface area (Å²) in [5.74, 6) is 10.2. The van der Waals surface area contributed by atoms with Crippen molar-refractivity contribution in [3.05, 3.63) is 80.9 Å². The summed E-state index contributed by atoms with van der Waals surface area (Å²) >= 11 is 13.8. The van der Waals surface area contributed by atoms with Crippen molar-refractivity contribution in [3.8, 4) is 24.2 Å². The van der Waals surface area contributed by atoms with Crippen molar-refractivity contribution < 1.29 is 49.7 Å². The van der Waals surface area contributed by atoms with Gasteiger partial charge in [-0.25, -0.2) is 39.5 Å². The number of ether oxygens (including phenoxy) is 2. The predicted octanol–water partition coefficient (Wildman–Crippen LogP) is 3.59. The van der Waals surface area contributed by atoms with Gasteiger partial charge in [-0.2, -0.15) is 0 Å². The van der Waals surface area contributed by atoms with Crippen LogP contribution < -0.4 is 22.1 Å². The molecule has 4 amide bonds. The zero-order chi connectivity index (χ0) is 54.9. The topological polar surface area (TPSA) is 344 Å². The molecule has 408 valence electrons. The molecule has 2 aromatic carbocycles. The van der Waals surface area contributed by atoms with Gasteiger partial charge < -0.3 is 72.0 Å². The minimum Gasteiger partial charge on any atom is -0.394 e. The minimum atomic E-state index is -1.28. The maximum atomic E-state index is 12.6. The lowest BCUT2D eigenvalue weighted by Gasteiger charge is -2.31. The number of aromatic nitrogens is 8. The zero-order valence-corrected chi connectivity index (χ0v) is 44.9. The first-order valence-electron chi connectivity index (χ1n) is 24.5. The molecule has 6 aromatic rings. The molecule has 0 aliphatic carbocycles. The van der Waals surface area contributed by atoms with Crippen LogP contribution in [0, 0.1) is 39.9 Å². The first kappa shape index (κ1) is 57.0. The number of likely N-dealkylation sites (tertiary alicyclic amines) is 2. The smallest absolute Gasteiger partial charge is 0.321 e. The standard InChI is InChI=1S/C25H28ClN7O5.C15H17ClN2O.C10H12IN5O4/c26-15-4-2-5-16(11-15)29-25(37)32-9-7-14(8-10-32)3-1-6-18-30-22(27)19-23(31-18)33(13-28-19)24-21(36)20(35)17(12-34)38-24;1-2-4-12-7-9-18(10-8-12)15(19)17-14-6-3-5-13(16)11-14;11-10-14-7(12)4-8(15-10)16(2-13-4)9-6(19)5(18)3(1-17)20-9/h2,4-5,11,13-14,17,20-21,24,34-36H,3,7-10,12H2,(H,29,37)(H2,27,30,31);1,3,5-6,11-12H,4,7-10H2,(H,17,19);2-3,5-6,9,17-19H,1H2,(H2,12,14,15)/t17-,20?,21+,24-;;3-,5?,6+,9-/m1.1/s1. The molecule has 77 heavy (non-hydrogen) atoms. The molecule has 10 rings (SSSR count). The van der Waals surface area contributed by atoms with E-state index in [-0.39, 0.29) is 29.5 Å². The number of hydrogen-bond donors (Lipinski definition) is 10. The van der Waals surface area contributed by atoms with Crippen molar-refractivity contribution in [2.75, 3.05) is 61.5 Å². The Bertz CT molecular complexity index is 3140. The monoisotopic (exact) mass is 1210 g/mol. The third kappa shape index (κ3) is 13.7. The van der Waals surface area contributed by atoms with Crippen LogP contribution in [0.25, 0.3) is 22.3 Å². The van der Waals surface area contributed by atoms with Crippen LogP contribution in [0.3, 0.4) is 0 Å². The number of benzene rings is 2. The highest BCUT2D eigenvalue weighted by Crippen LogP contribution is 2.34. The molecule has 12 N–H and O–H groups in total. The third-order valence-corrected chi connectivity index (χ3v) is 14.4. The Morgan fingerprint density at radius 2 is 1.14 bits per heavy atom. The van der Waals surface area contributed by atoms with Crippen LogP contribution in [0.4, 0.5) is 32.6 Å². The number of hydrogen-bond acceptors (Lipinski definition) is 18. The van der Waals surface area contributed by atoms with Gasteiger partial charge in [-0.1, -0.05) is 41.3 Å². The van der Waals surface area contributed by atoms with Gasteiger partial charge in [0.2, 0.25) is 5.82 Å². The predicted molar refractivity (Wildman–Crippen MR) is 293 cm³/mol. The Hall–Kier alpha value is -6.21. The van der Waals surface area contributed by atoms with Gasteiger partial charge in [0.05, 0.1) is 25.9 Å². The summed E-state index contributed by atoms with van der Waals surface area (Å²) in [6.45, 7) is 1.93. The number of terminal acetylenes is 1. The number of nitrogens with one attached hydrogen (secondary N) is 2. The van der Waals surface area contributed by atoms with Gasteiger partial charge >= 0.3 is 12.1 Å². The van der Waals surface area contributed by atoms with Gasteiger partial charge in [-0.05, 0) is 79.8 Å². The van der Waals surface area contributed by atoms with Crippen molar-refractivity contribution >= 4 is 103 Å². The number of halogens is 3. The second-order valence-electron chi connectivity index (χ2n) is 18.6. The maximum Gasteiger partial charge on any atom is 0.321 e. The molecular weight excluding hydrogens is 1150 g/mol. The molecule has 24 nitrogen and oxygen atoms in total. The number of rotatable bonds is 8. The molecule has 0 bridgehead atoms. The molecule has 27 heteroatoms. The van der Waals surface area contributed by atoms with Crippen LogP contribution in [0.5, 0.6) is 0 Å². The summed E-state index contributed by atoms with van der Waals surface area (Å²) < 4.78 is 14.4. The Labute approximate surface area is 465 Å². The first-order chi connectivity index (χ1) is 37.0. The second kappa shape index (κ2) is 26.0. The zero-order valence-electron chi connectivity index (χ0n) is 41.2. The van der Waals surface area contributed by atoms with Gasteiger partial charge in [-0.3, -0.25) is 9.13 Å². The fourth-order valence-corrected chi connectivity index (χ4v) is 10.0. The fraction of sp³-hybridized carbons (Fsp3) is 0.440. The molecule has 8 atom stereocenters. The van der Waals surface area contributed by atoms with Gasteiger partial charge in [0.1, 0.15) is 47.7 Å². The summed E-state index contributed by atoms with van der Waals surface area (Å²) in [5, 5.41) is 65.7. The largest absolute Gasteiger partial charge is 0.394 e. The van der Waals surface area contributed by atoms with Crippen molar-refractivity contribution in [2.45, 2.75) is 87.6 Å².